The molecule has 7 rings (SSSR count). The number of alkyl halides is 1. The molecule has 0 radical (unpaired) electrons. The van der Waals surface area contributed by atoms with Crippen molar-refractivity contribution in [1.82, 2.24) is 9.62 Å². The second kappa shape index (κ2) is 12.5. The zero-order valence-corrected chi connectivity index (χ0v) is 28.7. The zero-order chi connectivity index (χ0) is 33.8. The largest absolute Gasteiger partial charge is 0.490 e. The van der Waals surface area contributed by atoms with Crippen LogP contribution in [-0.2, 0) is 36.1 Å². The molecule has 1 saturated heterocycles. The third-order valence-corrected chi connectivity index (χ3v) is 12.2. The summed E-state index contributed by atoms with van der Waals surface area (Å²) in [6, 6.07) is 10.7. The molecule has 48 heavy (non-hydrogen) atoms. The Balaban J connectivity index is 1.28. The smallest absolute Gasteiger partial charge is 0.410 e. The number of sulfonamides is 1. The number of likely N-dealkylation sites (tertiary alicyclic amines) is 1. The first-order valence-corrected chi connectivity index (χ1v) is 18.5. The maximum Gasteiger partial charge on any atom is 0.410 e. The van der Waals surface area contributed by atoms with Crippen molar-refractivity contribution in [3.8, 4) is 5.75 Å². The van der Waals surface area contributed by atoms with Gasteiger partial charge in [0.25, 0.3) is 15.9 Å². The number of anilines is 1. The van der Waals surface area contributed by atoms with Gasteiger partial charge in [-0.1, -0.05) is 23.7 Å². The fraction of sp³-hybridized carbons (Fsp3) is 0.543. The summed E-state index contributed by atoms with van der Waals surface area (Å²) < 4.78 is 61.3. The summed E-state index contributed by atoms with van der Waals surface area (Å²) in [7, 11) is -4.25. The number of carbonyl (C=O) groups is 2. The quantitative estimate of drug-likeness (QED) is 0.406. The second-order valence-electron chi connectivity index (χ2n) is 14.3. The summed E-state index contributed by atoms with van der Waals surface area (Å²) >= 11 is 6.41. The number of halogens is 2. The number of ether oxygens (including phenoxy) is 3. The highest BCUT2D eigenvalue weighted by atomic mass is 35.5. The van der Waals surface area contributed by atoms with E-state index in [0.29, 0.717) is 36.2 Å². The van der Waals surface area contributed by atoms with Crippen molar-refractivity contribution in [2.75, 3.05) is 44.3 Å². The van der Waals surface area contributed by atoms with Crippen LogP contribution in [0.5, 0.6) is 5.75 Å². The molecule has 4 atom stereocenters. The van der Waals surface area contributed by atoms with Gasteiger partial charge >= 0.3 is 6.09 Å². The number of fused-ring (bicyclic) bond motifs is 4. The standard InChI is InChI=1S/C35H41ClFN3O7S/c1-34(2)32(41)38-48(43,44)26-9-12-31-29(16-26)40(20-35(21-45-31)13-3-5-22-15-24(36)8-11-28(22)35)17-23-7-10-27(23)30(6-4-14-46-34)47-33(42)39-18-25(37)19-39/h4,6,8-9,11-12,15-16,23,25,27,30H,3,5,7,10,13-14,17-21H2,1-2H3,(H,38,41)/b6-4+/t23-,27+,30-,35-/m0/s1. The number of hydrogen-bond donors (Lipinski definition) is 1. The van der Waals surface area contributed by atoms with Crippen LogP contribution in [0.4, 0.5) is 14.9 Å². The first-order valence-electron chi connectivity index (χ1n) is 16.6. The van der Waals surface area contributed by atoms with Gasteiger partial charge in [0, 0.05) is 29.4 Å². The van der Waals surface area contributed by atoms with Gasteiger partial charge in [0.15, 0.2) is 0 Å². The molecule has 258 valence electrons. The molecule has 10 nitrogen and oxygen atoms in total. The van der Waals surface area contributed by atoms with Crippen molar-refractivity contribution in [3.63, 3.8) is 0 Å². The number of benzene rings is 2. The Hall–Kier alpha value is -3.35. The number of amides is 2. The fourth-order valence-electron chi connectivity index (χ4n) is 7.65. The van der Waals surface area contributed by atoms with E-state index in [2.05, 4.69) is 15.7 Å². The van der Waals surface area contributed by atoms with Crippen molar-refractivity contribution in [1.29, 1.82) is 0 Å². The average molecular weight is 702 g/mol. The van der Waals surface area contributed by atoms with Gasteiger partial charge in [0.2, 0.25) is 0 Å². The molecule has 3 aliphatic heterocycles. The Morgan fingerprint density at radius 2 is 1.94 bits per heavy atom. The lowest BCUT2D eigenvalue weighted by molar-refractivity contribution is -0.139. The lowest BCUT2D eigenvalue weighted by atomic mass is 9.68. The van der Waals surface area contributed by atoms with Gasteiger partial charge in [-0.2, -0.15) is 0 Å². The van der Waals surface area contributed by atoms with Crippen LogP contribution >= 0.6 is 11.6 Å². The minimum atomic E-state index is -4.25. The van der Waals surface area contributed by atoms with Crippen molar-refractivity contribution in [2.45, 2.75) is 74.1 Å². The van der Waals surface area contributed by atoms with E-state index in [1.54, 1.807) is 24.3 Å². The van der Waals surface area contributed by atoms with Crippen LogP contribution in [0.3, 0.4) is 0 Å². The Morgan fingerprint density at radius 1 is 1.12 bits per heavy atom. The summed E-state index contributed by atoms with van der Waals surface area (Å²) in [6.45, 7) is 4.53. The van der Waals surface area contributed by atoms with Gasteiger partial charge in [-0.3, -0.25) is 4.79 Å². The third kappa shape index (κ3) is 6.27. The van der Waals surface area contributed by atoms with Gasteiger partial charge in [0.1, 0.15) is 23.6 Å². The molecule has 1 saturated carbocycles. The van der Waals surface area contributed by atoms with E-state index >= 15 is 0 Å². The maximum absolute atomic E-state index is 13.6. The van der Waals surface area contributed by atoms with Crippen LogP contribution in [0.1, 0.15) is 50.7 Å². The SMILES string of the molecule is CC1(C)OC/C=C/[C@H](OC(=O)N2CC(F)C2)[C@@H]2CC[C@H]2CN2C[C@@]3(CCCc4cc(Cl)ccc43)COc3ccc(cc32)S(=O)(=O)NC1=O. The molecular weight excluding hydrogens is 661 g/mol. The summed E-state index contributed by atoms with van der Waals surface area (Å²) in [4.78, 5) is 29.7. The van der Waals surface area contributed by atoms with E-state index in [4.69, 9.17) is 25.8 Å². The molecule has 1 N–H and O–H groups in total. The molecule has 2 aromatic rings. The Labute approximate surface area is 285 Å². The first kappa shape index (κ1) is 33.2. The van der Waals surface area contributed by atoms with E-state index in [9.17, 15) is 22.4 Å². The van der Waals surface area contributed by atoms with Crippen LogP contribution in [-0.4, -0.2) is 82.6 Å². The van der Waals surface area contributed by atoms with Gasteiger partial charge < -0.3 is 24.0 Å². The highest BCUT2D eigenvalue weighted by Crippen LogP contribution is 2.47. The van der Waals surface area contributed by atoms with E-state index in [-0.39, 0.29) is 41.8 Å². The monoisotopic (exact) mass is 701 g/mol. The zero-order valence-electron chi connectivity index (χ0n) is 27.1. The normalized spacial score (nSPS) is 30.3. The summed E-state index contributed by atoms with van der Waals surface area (Å²) in [6.07, 6.45) is 5.71. The van der Waals surface area contributed by atoms with Gasteiger partial charge in [-0.25, -0.2) is 22.3 Å². The third-order valence-electron chi connectivity index (χ3n) is 10.6. The van der Waals surface area contributed by atoms with Crippen LogP contribution in [0.25, 0.3) is 0 Å². The molecule has 1 spiro atoms. The van der Waals surface area contributed by atoms with Crippen molar-refractivity contribution in [2.24, 2.45) is 11.8 Å². The molecule has 0 unspecified atom stereocenters. The van der Waals surface area contributed by atoms with Crippen LogP contribution in [0, 0.1) is 11.8 Å². The van der Waals surface area contributed by atoms with Crippen LogP contribution < -0.4 is 14.4 Å². The number of nitrogens with one attached hydrogen (secondary N) is 1. The molecule has 3 heterocycles. The van der Waals surface area contributed by atoms with Crippen molar-refractivity contribution < 1.29 is 36.6 Å². The minimum Gasteiger partial charge on any atom is -0.490 e. The Kier molecular flexibility index (Phi) is 8.65. The van der Waals surface area contributed by atoms with Gasteiger partial charge in [0.05, 0.1) is 36.9 Å². The molecule has 0 aromatic heterocycles. The predicted molar refractivity (Wildman–Crippen MR) is 178 cm³/mol. The van der Waals surface area contributed by atoms with Gasteiger partial charge in [-0.05, 0) is 99.4 Å². The fourth-order valence-corrected chi connectivity index (χ4v) is 8.96. The molecule has 2 bridgehead atoms. The number of hydrogen-bond acceptors (Lipinski definition) is 8. The predicted octanol–water partition coefficient (Wildman–Crippen LogP) is 5.17. The molecule has 13 heteroatoms. The number of rotatable bonds is 1. The lowest BCUT2D eigenvalue weighted by Gasteiger charge is -2.46. The number of aryl methyl sites for hydroxylation is 1. The van der Waals surface area contributed by atoms with E-state index < -0.39 is 39.9 Å². The van der Waals surface area contributed by atoms with Crippen LogP contribution in [0.2, 0.25) is 5.02 Å². The lowest BCUT2D eigenvalue weighted by Crippen LogP contribution is -2.54. The Morgan fingerprint density at radius 3 is 2.69 bits per heavy atom. The molecule has 2 amide bonds. The molecule has 2 fully saturated rings. The van der Waals surface area contributed by atoms with Crippen LogP contribution in [0.15, 0.2) is 53.4 Å². The minimum absolute atomic E-state index is 0.0142. The summed E-state index contributed by atoms with van der Waals surface area (Å²) in [5, 5.41) is 0.685. The van der Waals surface area contributed by atoms with Crippen molar-refractivity contribution in [3.05, 3.63) is 64.7 Å². The highest BCUT2D eigenvalue weighted by Gasteiger charge is 2.46. The summed E-state index contributed by atoms with van der Waals surface area (Å²) in [5.74, 6) is -0.201. The molecular formula is C35H41ClFN3O7S. The van der Waals surface area contributed by atoms with Crippen molar-refractivity contribution >= 4 is 39.3 Å². The number of carbonyl (C=O) groups excluding carboxylic acids is 2. The average Bonchev–Trinajstić information content (AvgIpc) is 3.15. The maximum atomic E-state index is 13.6. The molecule has 5 aliphatic rings. The summed E-state index contributed by atoms with van der Waals surface area (Å²) in [5.41, 5.74) is 1.13. The molecule has 2 aromatic carbocycles. The van der Waals surface area contributed by atoms with E-state index in [1.165, 1.54) is 35.9 Å². The van der Waals surface area contributed by atoms with Gasteiger partial charge in [-0.15, -0.1) is 0 Å². The second-order valence-corrected chi connectivity index (χ2v) is 16.4. The highest BCUT2D eigenvalue weighted by molar-refractivity contribution is 7.90. The molecule has 2 aliphatic carbocycles. The van der Waals surface area contributed by atoms with E-state index in [1.807, 2.05) is 12.1 Å². The van der Waals surface area contributed by atoms with E-state index in [0.717, 1.165) is 32.1 Å². The number of nitrogens with zero attached hydrogens (tertiary/aromatic N) is 2. The topological polar surface area (TPSA) is 114 Å². The Bertz CT molecular complexity index is 1750. The first-order chi connectivity index (χ1) is 22.8.